The van der Waals surface area contributed by atoms with Crippen LogP contribution in [0.25, 0.3) is 0 Å². The van der Waals surface area contributed by atoms with Gasteiger partial charge in [-0.25, -0.2) is 13.2 Å². The number of hydrazone groups is 1. The number of rotatable bonds is 4. The van der Waals surface area contributed by atoms with Crippen LogP contribution >= 0.6 is 15.9 Å². The number of hydrogen-bond acceptors (Lipinski definition) is 5. The summed E-state index contributed by atoms with van der Waals surface area (Å²) in [5.74, 6) is -6.74. The highest BCUT2D eigenvalue weighted by atomic mass is 79.9. The van der Waals surface area contributed by atoms with E-state index in [-0.39, 0.29) is 22.3 Å². The van der Waals surface area contributed by atoms with Crippen molar-refractivity contribution in [1.29, 1.82) is 10.5 Å². The van der Waals surface area contributed by atoms with Gasteiger partial charge < -0.3 is 4.74 Å². The van der Waals surface area contributed by atoms with Crippen molar-refractivity contribution >= 4 is 27.3 Å². The molecule has 0 aliphatic rings. The van der Waals surface area contributed by atoms with Crippen LogP contribution in [0, 0.1) is 40.1 Å². The van der Waals surface area contributed by atoms with Crippen molar-refractivity contribution in [2.45, 2.75) is 6.18 Å². The quantitative estimate of drug-likeness (QED) is 0.370. The molecular formula is C16H5BrF6N4O. The molecule has 2 aromatic rings. The second kappa shape index (κ2) is 8.19. The first-order valence-electron chi connectivity index (χ1n) is 6.93. The summed E-state index contributed by atoms with van der Waals surface area (Å²) in [6.07, 6.45) is -5.00. The Bertz CT molecular complexity index is 1000. The molecule has 0 bridgehead atoms. The maximum Gasteiger partial charge on any atom is 0.416 e. The topological polar surface area (TPSA) is 81.2 Å². The lowest BCUT2D eigenvalue weighted by atomic mass is 10.2. The SMILES string of the molecule is N#CC(C#N)=NNc1cc(Br)cc(F)c1Oc1c(F)cc(C(F)(F)F)cc1F. The molecule has 2 rings (SSSR count). The van der Waals surface area contributed by atoms with Gasteiger partial charge in [-0.05, 0) is 24.3 Å². The number of anilines is 1. The molecule has 0 radical (unpaired) electrons. The van der Waals surface area contributed by atoms with Gasteiger partial charge in [0.1, 0.15) is 17.8 Å². The van der Waals surface area contributed by atoms with E-state index in [0.29, 0.717) is 0 Å². The normalized spacial score (nSPS) is 10.6. The lowest BCUT2D eigenvalue weighted by molar-refractivity contribution is -0.138. The van der Waals surface area contributed by atoms with E-state index in [4.69, 9.17) is 15.3 Å². The van der Waals surface area contributed by atoms with Crippen LogP contribution in [0.2, 0.25) is 0 Å². The Kier molecular flexibility index (Phi) is 6.16. The Morgan fingerprint density at radius 2 is 1.50 bits per heavy atom. The first-order valence-corrected chi connectivity index (χ1v) is 7.73. The van der Waals surface area contributed by atoms with E-state index < -0.39 is 46.4 Å². The third kappa shape index (κ3) is 4.72. The van der Waals surface area contributed by atoms with Gasteiger partial charge in [0, 0.05) is 4.47 Å². The third-order valence-corrected chi connectivity index (χ3v) is 3.50. The predicted octanol–water partition coefficient (Wildman–Crippen LogP) is 5.49. The Morgan fingerprint density at radius 3 is 2.00 bits per heavy atom. The van der Waals surface area contributed by atoms with Crippen LogP contribution in [-0.2, 0) is 6.18 Å². The lowest BCUT2D eigenvalue weighted by Gasteiger charge is -2.15. The van der Waals surface area contributed by atoms with Crippen LogP contribution in [0.4, 0.5) is 32.0 Å². The second-order valence-corrected chi connectivity index (χ2v) is 5.84. The molecular weight excluding hydrogens is 458 g/mol. The highest BCUT2D eigenvalue weighted by molar-refractivity contribution is 9.10. The van der Waals surface area contributed by atoms with Gasteiger partial charge in [-0.2, -0.15) is 28.8 Å². The van der Waals surface area contributed by atoms with Gasteiger partial charge in [0.25, 0.3) is 0 Å². The monoisotopic (exact) mass is 462 g/mol. The largest absolute Gasteiger partial charge is 0.446 e. The molecule has 12 heteroatoms. The number of nitriles is 2. The zero-order chi connectivity index (χ0) is 21.1. The average Bonchev–Trinajstić information content (AvgIpc) is 2.59. The Morgan fingerprint density at radius 1 is 0.964 bits per heavy atom. The Hall–Kier alpha value is -3.25. The number of alkyl halides is 3. The fourth-order valence-corrected chi connectivity index (χ4v) is 2.29. The summed E-state index contributed by atoms with van der Waals surface area (Å²) >= 11 is 2.95. The molecule has 1 N–H and O–H groups in total. The number of hydrogen-bond donors (Lipinski definition) is 1. The molecule has 0 heterocycles. The van der Waals surface area contributed by atoms with Gasteiger partial charge in [-0.15, -0.1) is 0 Å². The molecule has 144 valence electrons. The molecule has 0 aliphatic heterocycles. The fraction of sp³-hybridized carbons (Fsp3) is 0.0625. The van der Waals surface area contributed by atoms with Crippen LogP contribution in [0.15, 0.2) is 33.8 Å². The molecule has 0 atom stereocenters. The first-order chi connectivity index (χ1) is 13.1. The number of halogens is 7. The summed E-state index contributed by atoms with van der Waals surface area (Å²) in [5, 5.41) is 20.6. The van der Waals surface area contributed by atoms with E-state index >= 15 is 0 Å². The predicted molar refractivity (Wildman–Crippen MR) is 87.8 cm³/mol. The summed E-state index contributed by atoms with van der Waals surface area (Å²) in [4.78, 5) is 0. The molecule has 0 saturated carbocycles. The van der Waals surface area contributed by atoms with Crippen molar-refractivity contribution in [1.82, 2.24) is 0 Å². The van der Waals surface area contributed by atoms with E-state index in [1.807, 2.05) is 0 Å². The molecule has 0 unspecified atom stereocenters. The highest BCUT2D eigenvalue weighted by Gasteiger charge is 2.33. The van der Waals surface area contributed by atoms with E-state index in [0.717, 1.165) is 12.1 Å². The van der Waals surface area contributed by atoms with Crippen LogP contribution < -0.4 is 10.2 Å². The maximum atomic E-state index is 14.2. The summed E-state index contributed by atoms with van der Waals surface area (Å²) < 4.78 is 84.9. The third-order valence-electron chi connectivity index (χ3n) is 3.04. The molecule has 0 amide bonds. The smallest absolute Gasteiger partial charge is 0.416 e. The molecule has 0 saturated heterocycles. The molecule has 0 spiro atoms. The fourth-order valence-electron chi connectivity index (χ4n) is 1.86. The molecule has 28 heavy (non-hydrogen) atoms. The Labute approximate surface area is 161 Å². The van der Waals surface area contributed by atoms with Gasteiger partial charge in [-0.1, -0.05) is 15.9 Å². The van der Waals surface area contributed by atoms with E-state index in [1.54, 1.807) is 0 Å². The summed E-state index contributed by atoms with van der Waals surface area (Å²) in [7, 11) is 0. The number of nitrogens with zero attached hydrogens (tertiary/aromatic N) is 3. The van der Waals surface area contributed by atoms with Crippen LogP contribution in [0.3, 0.4) is 0 Å². The van der Waals surface area contributed by atoms with Crippen molar-refractivity contribution in [3.63, 3.8) is 0 Å². The van der Waals surface area contributed by atoms with Gasteiger partial charge in [0.15, 0.2) is 29.0 Å². The summed E-state index contributed by atoms with van der Waals surface area (Å²) in [6.45, 7) is 0. The molecule has 0 aliphatic carbocycles. The van der Waals surface area contributed by atoms with Gasteiger partial charge in [-0.3, -0.25) is 5.43 Å². The van der Waals surface area contributed by atoms with E-state index in [9.17, 15) is 26.3 Å². The average molecular weight is 463 g/mol. The van der Waals surface area contributed by atoms with Gasteiger partial charge >= 0.3 is 6.18 Å². The lowest BCUT2D eigenvalue weighted by Crippen LogP contribution is -2.08. The highest BCUT2D eigenvalue weighted by Crippen LogP contribution is 2.39. The van der Waals surface area contributed by atoms with Crippen molar-refractivity contribution < 1.29 is 31.1 Å². The zero-order valence-corrected chi connectivity index (χ0v) is 14.8. The molecule has 5 nitrogen and oxygen atoms in total. The first kappa shape index (κ1) is 21.1. The van der Waals surface area contributed by atoms with Crippen LogP contribution in [-0.4, -0.2) is 5.71 Å². The summed E-state index contributed by atoms with van der Waals surface area (Å²) in [5.41, 5.74) is -0.502. The van der Waals surface area contributed by atoms with Crippen LogP contribution in [0.5, 0.6) is 11.5 Å². The number of nitrogens with one attached hydrogen (secondary N) is 1. The zero-order valence-electron chi connectivity index (χ0n) is 13.2. The van der Waals surface area contributed by atoms with Gasteiger partial charge in [0.05, 0.1) is 5.56 Å². The second-order valence-electron chi connectivity index (χ2n) is 4.93. The maximum absolute atomic E-state index is 14.2. The minimum atomic E-state index is -5.00. The summed E-state index contributed by atoms with van der Waals surface area (Å²) in [6, 6.07) is 4.78. The van der Waals surface area contributed by atoms with E-state index in [2.05, 4.69) is 26.5 Å². The van der Waals surface area contributed by atoms with E-state index in [1.165, 1.54) is 12.1 Å². The van der Waals surface area contributed by atoms with Crippen molar-refractivity contribution in [3.05, 3.63) is 51.8 Å². The van der Waals surface area contributed by atoms with Crippen LogP contribution in [0.1, 0.15) is 5.56 Å². The minimum Gasteiger partial charge on any atom is -0.446 e. The number of ether oxygens (including phenoxy) is 1. The molecule has 0 aromatic heterocycles. The van der Waals surface area contributed by atoms with Crippen molar-refractivity contribution in [3.8, 4) is 23.6 Å². The minimum absolute atomic E-state index is 0.0100. The van der Waals surface area contributed by atoms with Crippen molar-refractivity contribution in [2.75, 3.05) is 5.43 Å². The Balaban J connectivity index is 2.51. The standard InChI is InChI=1S/C16H5BrF6N4O/c17-8-3-12(20)15(13(4-8)27-26-9(5-24)6-25)28-14-10(18)1-7(2-11(14)19)16(21,22)23/h1-4,27H. The van der Waals surface area contributed by atoms with Gasteiger partial charge in [0.2, 0.25) is 5.71 Å². The molecule has 2 aromatic carbocycles. The number of benzene rings is 2. The molecule has 0 fully saturated rings. The van der Waals surface area contributed by atoms with Crippen molar-refractivity contribution in [2.24, 2.45) is 5.10 Å².